The van der Waals surface area contributed by atoms with Gasteiger partial charge >= 0.3 is 0 Å². The van der Waals surface area contributed by atoms with E-state index in [0.717, 1.165) is 5.69 Å². The highest BCUT2D eigenvalue weighted by Gasteiger charge is 2.31. The minimum atomic E-state index is -0.292. The Balaban J connectivity index is 1.38. The number of carbonyl (C=O) groups is 2. The molecule has 1 aromatic carbocycles. The maximum absolute atomic E-state index is 12.3. The monoisotopic (exact) mass is 406 g/mol. The number of hydrogen-bond acceptors (Lipinski definition) is 5. The quantitative estimate of drug-likeness (QED) is 0.843. The van der Waals surface area contributed by atoms with E-state index in [1.165, 1.54) is 0 Å². The van der Waals surface area contributed by atoms with Gasteiger partial charge in [-0.3, -0.25) is 9.59 Å². The van der Waals surface area contributed by atoms with Crippen molar-refractivity contribution in [2.45, 2.75) is 6.42 Å². The van der Waals surface area contributed by atoms with Crippen molar-refractivity contribution in [1.82, 2.24) is 5.32 Å². The Morgan fingerprint density at radius 2 is 2.08 bits per heavy atom. The van der Waals surface area contributed by atoms with Crippen molar-refractivity contribution in [1.29, 1.82) is 0 Å². The maximum atomic E-state index is 12.3. The van der Waals surface area contributed by atoms with Crippen LogP contribution in [0.2, 0.25) is 0 Å². The van der Waals surface area contributed by atoms with Gasteiger partial charge in [0.1, 0.15) is 0 Å². The van der Waals surface area contributed by atoms with Crippen molar-refractivity contribution in [3.63, 3.8) is 0 Å². The molecule has 2 amide bonds. The lowest BCUT2D eigenvalue weighted by Gasteiger charge is -2.17. The number of nitrogens with zero attached hydrogens (tertiary/aromatic N) is 1. The molecular formula is C17H15BrN2O5. The third kappa shape index (κ3) is 3.21. The molecule has 0 bridgehead atoms. The number of benzene rings is 1. The summed E-state index contributed by atoms with van der Waals surface area (Å²) in [4.78, 5) is 26.1. The number of rotatable bonds is 4. The molecule has 1 atom stereocenters. The van der Waals surface area contributed by atoms with Crippen LogP contribution < -0.4 is 19.7 Å². The fourth-order valence-corrected chi connectivity index (χ4v) is 3.29. The zero-order valence-electron chi connectivity index (χ0n) is 13.2. The molecule has 130 valence electrons. The fourth-order valence-electron chi connectivity index (χ4n) is 2.98. The Hall–Kier alpha value is -2.48. The van der Waals surface area contributed by atoms with Crippen molar-refractivity contribution in [3.8, 4) is 11.5 Å². The van der Waals surface area contributed by atoms with Crippen molar-refractivity contribution >= 4 is 33.4 Å². The lowest BCUT2D eigenvalue weighted by Crippen LogP contribution is -2.31. The van der Waals surface area contributed by atoms with Crippen LogP contribution in [-0.4, -0.2) is 31.7 Å². The number of carbonyl (C=O) groups excluding carboxylic acids is 2. The number of anilines is 1. The normalized spacial score (nSPS) is 18.7. The summed E-state index contributed by atoms with van der Waals surface area (Å²) in [6, 6.07) is 8.71. The number of nitrogens with one attached hydrogen (secondary N) is 1. The summed E-state index contributed by atoms with van der Waals surface area (Å²) in [7, 11) is 0. The molecule has 2 aromatic rings. The van der Waals surface area contributed by atoms with Crippen LogP contribution in [0, 0.1) is 5.92 Å². The Kier molecular flexibility index (Phi) is 4.12. The first-order valence-corrected chi connectivity index (χ1v) is 8.63. The number of furan rings is 1. The molecule has 1 N–H and O–H groups in total. The lowest BCUT2D eigenvalue weighted by molar-refractivity contribution is -0.117. The van der Waals surface area contributed by atoms with Gasteiger partial charge in [-0.15, -0.1) is 0 Å². The summed E-state index contributed by atoms with van der Waals surface area (Å²) in [5, 5.41) is 2.81. The molecule has 2 aliphatic heterocycles. The number of hydrogen-bond donors (Lipinski definition) is 1. The Morgan fingerprint density at radius 3 is 2.88 bits per heavy atom. The molecule has 4 rings (SSSR count). The third-order valence-corrected chi connectivity index (χ3v) is 4.65. The minimum Gasteiger partial charge on any atom is -0.454 e. The van der Waals surface area contributed by atoms with Crippen molar-refractivity contribution in [2.24, 2.45) is 5.92 Å². The first-order valence-electron chi connectivity index (χ1n) is 7.84. The van der Waals surface area contributed by atoms with Gasteiger partial charge in [0.25, 0.3) is 5.91 Å². The van der Waals surface area contributed by atoms with Gasteiger partial charge < -0.3 is 24.1 Å². The zero-order chi connectivity index (χ0) is 17.4. The summed E-state index contributed by atoms with van der Waals surface area (Å²) in [5.74, 6) is 1.34. The summed E-state index contributed by atoms with van der Waals surface area (Å²) < 4.78 is 16.4. The highest BCUT2D eigenvalue weighted by atomic mass is 79.9. The molecule has 0 radical (unpaired) electrons. The molecule has 0 spiro atoms. The van der Waals surface area contributed by atoms with E-state index >= 15 is 0 Å². The maximum Gasteiger partial charge on any atom is 0.287 e. The number of ether oxygens (including phenoxy) is 2. The van der Waals surface area contributed by atoms with Crippen LogP contribution in [0.5, 0.6) is 11.5 Å². The van der Waals surface area contributed by atoms with Gasteiger partial charge in [0.2, 0.25) is 12.7 Å². The van der Waals surface area contributed by atoms with Crippen molar-refractivity contribution in [3.05, 3.63) is 40.8 Å². The third-order valence-electron chi connectivity index (χ3n) is 4.22. The van der Waals surface area contributed by atoms with Crippen LogP contribution in [0.1, 0.15) is 17.0 Å². The topological polar surface area (TPSA) is 81.0 Å². The highest BCUT2D eigenvalue weighted by molar-refractivity contribution is 9.10. The molecular weight excluding hydrogens is 392 g/mol. The second kappa shape index (κ2) is 6.44. The van der Waals surface area contributed by atoms with Crippen LogP contribution >= 0.6 is 15.9 Å². The average molecular weight is 407 g/mol. The summed E-state index contributed by atoms with van der Waals surface area (Å²) in [5.41, 5.74) is 0.776. The predicted octanol–water partition coefficient (Wildman–Crippen LogP) is 2.55. The van der Waals surface area contributed by atoms with Gasteiger partial charge in [0.15, 0.2) is 21.9 Å². The van der Waals surface area contributed by atoms with Gasteiger partial charge in [0.05, 0.1) is 0 Å². The van der Waals surface area contributed by atoms with Crippen LogP contribution in [0.3, 0.4) is 0 Å². The van der Waals surface area contributed by atoms with Crippen LogP contribution in [-0.2, 0) is 4.79 Å². The molecule has 3 heterocycles. The molecule has 1 aromatic heterocycles. The van der Waals surface area contributed by atoms with E-state index in [0.29, 0.717) is 35.7 Å². The summed E-state index contributed by atoms with van der Waals surface area (Å²) in [6.07, 6.45) is 0.385. The number of amides is 2. The Morgan fingerprint density at radius 1 is 1.24 bits per heavy atom. The van der Waals surface area contributed by atoms with Crippen molar-refractivity contribution in [2.75, 3.05) is 24.8 Å². The van der Waals surface area contributed by atoms with E-state index in [1.807, 2.05) is 12.1 Å². The SMILES string of the molecule is O=C(NCC1CC(=O)N(c2ccc3c(c2)OCO3)C1)c1ccc(Br)o1. The van der Waals surface area contributed by atoms with Gasteiger partial charge in [-0.2, -0.15) is 0 Å². The predicted molar refractivity (Wildman–Crippen MR) is 91.8 cm³/mol. The lowest BCUT2D eigenvalue weighted by atomic mass is 10.1. The van der Waals surface area contributed by atoms with Crippen LogP contribution in [0.25, 0.3) is 0 Å². The molecule has 1 unspecified atom stereocenters. The molecule has 25 heavy (non-hydrogen) atoms. The number of halogens is 1. The van der Waals surface area contributed by atoms with Crippen molar-refractivity contribution < 1.29 is 23.5 Å². The van der Waals surface area contributed by atoms with Gasteiger partial charge in [-0.05, 0) is 40.2 Å². The van der Waals surface area contributed by atoms with E-state index in [2.05, 4.69) is 21.2 Å². The van der Waals surface area contributed by atoms with Gasteiger partial charge in [-0.1, -0.05) is 0 Å². The fraction of sp³-hybridized carbons (Fsp3) is 0.294. The number of fused-ring (bicyclic) bond motifs is 1. The van der Waals surface area contributed by atoms with E-state index in [1.54, 1.807) is 23.1 Å². The molecule has 8 heteroatoms. The smallest absolute Gasteiger partial charge is 0.287 e. The first kappa shape index (κ1) is 16.0. The molecule has 1 saturated heterocycles. The zero-order valence-corrected chi connectivity index (χ0v) is 14.7. The van der Waals surface area contributed by atoms with E-state index < -0.39 is 0 Å². The Labute approximate surface area is 152 Å². The standard InChI is InChI=1S/C17H15BrN2O5/c18-15-4-3-13(25-15)17(22)19-7-10-5-16(21)20(8-10)11-1-2-12-14(6-11)24-9-23-12/h1-4,6,10H,5,7-9H2,(H,19,22). The van der Waals surface area contributed by atoms with E-state index in [9.17, 15) is 9.59 Å². The van der Waals surface area contributed by atoms with Crippen LogP contribution in [0.4, 0.5) is 5.69 Å². The molecule has 0 aliphatic carbocycles. The summed E-state index contributed by atoms with van der Waals surface area (Å²) in [6.45, 7) is 1.15. The second-order valence-electron chi connectivity index (χ2n) is 5.93. The van der Waals surface area contributed by atoms with E-state index in [-0.39, 0.29) is 30.3 Å². The van der Waals surface area contributed by atoms with Gasteiger partial charge in [-0.25, -0.2) is 0 Å². The molecule has 0 saturated carbocycles. The average Bonchev–Trinajstić information content (AvgIpc) is 3.31. The van der Waals surface area contributed by atoms with Gasteiger partial charge in [0, 0.05) is 37.2 Å². The minimum absolute atomic E-state index is 0.0267. The molecule has 1 fully saturated rings. The largest absolute Gasteiger partial charge is 0.454 e. The summed E-state index contributed by atoms with van der Waals surface area (Å²) >= 11 is 3.16. The van der Waals surface area contributed by atoms with Crippen LogP contribution in [0.15, 0.2) is 39.4 Å². The Bertz CT molecular complexity index is 834. The highest BCUT2D eigenvalue weighted by Crippen LogP contribution is 2.37. The second-order valence-corrected chi connectivity index (χ2v) is 6.71. The first-order chi connectivity index (χ1) is 12.1. The van der Waals surface area contributed by atoms with E-state index in [4.69, 9.17) is 13.9 Å². The molecule has 2 aliphatic rings. The molecule has 7 nitrogen and oxygen atoms in total.